The maximum absolute atomic E-state index is 12.2. The van der Waals surface area contributed by atoms with Crippen molar-refractivity contribution < 1.29 is 4.79 Å². The molecule has 0 aliphatic carbocycles. The molecular weight excluding hydrogens is 236 g/mol. The summed E-state index contributed by atoms with van der Waals surface area (Å²) >= 11 is 5.85. The second-order valence-electron chi connectivity index (χ2n) is 3.47. The van der Waals surface area contributed by atoms with Crippen molar-refractivity contribution in [2.45, 2.75) is 0 Å². The van der Waals surface area contributed by atoms with Gasteiger partial charge < -0.3 is 0 Å². The van der Waals surface area contributed by atoms with E-state index in [0.29, 0.717) is 21.8 Å². The number of carbonyl (C=O) groups is 1. The summed E-state index contributed by atoms with van der Waals surface area (Å²) in [5.74, 6) is -0.181. The highest BCUT2D eigenvalue weighted by Gasteiger charge is 2.13. The zero-order valence-electron chi connectivity index (χ0n) is 8.85. The molecule has 2 aromatic carbocycles. The van der Waals surface area contributed by atoms with E-state index in [1.165, 1.54) is 6.07 Å². The molecule has 0 spiro atoms. The molecular formula is C13H9ClN2O. The Morgan fingerprint density at radius 2 is 1.82 bits per heavy atom. The van der Waals surface area contributed by atoms with E-state index >= 15 is 0 Å². The molecule has 2 rings (SSSR count). The van der Waals surface area contributed by atoms with Gasteiger partial charge in [-0.05, 0) is 18.2 Å². The molecule has 0 bridgehead atoms. The molecule has 0 aromatic heterocycles. The van der Waals surface area contributed by atoms with Gasteiger partial charge in [0.1, 0.15) is 0 Å². The summed E-state index contributed by atoms with van der Waals surface area (Å²) < 4.78 is 0. The molecule has 0 aliphatic heterocycles. The lowest BCUT2D eigenvalue weighted by Crippen LogP contribution is -2.01. The number of hydrogen-bond acceptors (Lipinski definition) is 3. The van der Waals surface area contributed by atoms with Gasteiger partial charge in [0, 0.05) is 10.6 Å². The van der Waals surface area contributed by atoms with Crippen LogP contribution in [0.25, 0.3) is 0 Å². The van der Waals surface area contributed by atoms with Crippen LogP contribution in [0.15, 0.2) is 53.6 Å². The predicted molar refractivity (Wildman–Crippen MR) is 66.1 cm³/mol. The van der Waals surface area contributed by atoms with Crippen LogP contribution >= 0.6 is 11.6 Å². The van der Waals surface area contributed by atoms with E-state index < -0.39 is 0 Å². The number of ketones is 1. The molecule has 4 heteroatoms. The van der Waals surface area contributed by atoms with Gasteiger partial charge in [0.25, 0.3) is 0 Å². The van der Waals surface area contributed by atoms with E-state index in [-0.39, 0.29) is 5.78 Å². The number of benzene rings is 2. The predicted octanol–water partition coefficient (Wildman–Crippen LogP) is 4.23. The van der Waals surface area contributed by atoms with Crippen LogP contribution in [0.3, 0.4) is 0 Å². The van der Waals surface area contributed by atoms with Crippen molar-refractivity contribution >= 4 is 23.1 Å². The van der Waals surface area contributed by atoms with Gasteiger partial charge in [-0.25, -0.2) is 5.53 Å². The molecule has 0 amide bonds. The average molecular weight is 245 g/mol. The van der Waals surface area contributed by atoms with Gasteiger partial charge in [0.15, 0.2) is 5.78 Å². The van der Waals surface area contributed by atoms with Crippen molar-refractivity contribution in [3.63, 3.8) is 0 Å². The monoisotopic (exact) mass is 244 g/mol. The van der Waals surface area contributed by atoms with Crippen LogP contribution in [-0.4, -0.2) is 5.78 Å². The molecule has 0 aliphatic rings. The first-order valence-corrected chi connectivity index (χ1v) is 5.37. The summed E-state index contributed by atoms with van der Waals surface area (Å²) in [6, 6.07) is 13.6. The molecule has 1 N–H and O–H groups in total. The lowest BCUT2D eigenvalue weighted by Gasteiger charge is -2.04. The molecule has 0 unspecified atom stereocenters. The van der Waals surface area contributed by atoms with E-state index in [1.54, 1.807) is 36.4 Å². The lowest BCUT2D eigenvalue weighted by molar-refractivity contribution is 0.103. The summed E-state index contributed by atoms with van der Waals surface area (Å²) in [6.07, 6.45) is 0. The number of hydrogen-bond donors (Lipinski definition) is 1. The molecule has 84 valence electrons. The minimum atomic E-state index is -0.181. The minimum absolute atomic E-state index is 0.181. The summed E-state index contributed by atoms with van der Waals surface area (Å²) in [5.41, 5.74) is 8.26. The highest BCUT2D eigenvalue weighted by atomic mass is 35.5. The molecule has 0 fully saturated rings. The van der Waals surface area contributed by atoms with Crippen LogP contribution < -0.4 is 0 Å². The number of halogens is 1. The van der Waals surface area contributed by atoms with E-state index in [9.17, 15) is 4.79 Å². The minimum Gasteiger partial charge on any atom is -0.289 e. The van der Waals surface area contributed by atoms with Crippen LogP contribution in [0.1, 0.15) is 15.9 Å². The smallest absolute Gasteiger partial charge is 0.195 e. The molecule has 0 saturated heterocycles. The Bertz CT molecular complexity index is 567. The second-order valence-corrected chi connectivity index (χ2v) is 3.90. The average Bonchev–Trinajstić information content (AvgIpc) is 2.39. The first kappa shape index (κ1) is 11.5. The fourth-order valence-corrected chi connectivity index (χ4v) is 1.70. The summed E-state index contributed by atoms with van der Waals surface area (Å²) in [5, 5.41) is 3.78. The second kappa shape index (κ2) is 4.89. The highest BCUT2D eigenvalue weighted by Crippen LogP contribution is 2.25. The number of carbonyl (C=O) groups excluding carboxylic acids is 1. The maximum atomic E-state index is 12.2. The Kier molecular flexibility index (Phi) is 3.30. The van der Waals surface area contributed by atoms with Crippen molar-refractivity contribution in [1.29, 1.82) is 5.53 Å². The third kappa shape index (κ3) is 2.40. The summed E-state index contributed by atoms with van der Waals surface area (Å²) in [4.78, 5) is 12.2. The fourth-order valence-electron chi connectivity index (χ4n) is 1.53. The molecule has 0 radical (unpaired) electrons. The van der Waals surface area contributed by atoms with Crippen molar-refractivity contribution in [2.24, 2.45) is 5.11 Å². The van der Waals surface area contributed by atoms with Crippen LogP contribution in [-0.2, 0) is 0 Å². The number of nitrogens with zero attached hydrogens (tertiary/aromatic N) is 1. The Labute approximate surface area is 104 Å². The third-order valence-electron chi connectivity index (χ3n) is 2.36. The topological polar surface area (TPSA) is 53.3 Å². The standard InChI is InChI=1S/C13H9ClN2O/c14-10-6-7-12(16-15)11(8-10)13(17)9-4-2-1-3-5-9/h1-8,15H. The zero-order chi connectivity index (χ0) is 12.3. The van der Waals surface area contributed by atoms with Crippen LogP contribution in [0.2, 0.25) is 5.02 Å². The Balaban J connectivity index is 2.50. The Morgan fingerprint density at radius 3 is 2.47 bits per heavy atom. The van der Waals surface area contributed by atoms with Gasteiger partial charge in [-0.1, -0.05) is 41.9 Å². The van der Waals surface area contributed by atoms with Crippen LogP contribution in [0.5, 0.6) is 0 Å². The first-order valence-electron chi connectivity index (χ1n) is 4.99. The van der Waals surface area contributed by atoms with Crippen molar-refractivity contribution in [3.05, 3.63) is 64.7 Å². The lowest BCUT2D eigenvalue weighted by atomic mass is 10.0. The van der Waals surface area contributed by atoms with E-state index in [4.69, 9.17) is 17.1 Å². The zero-order valence-corrected chi connectivity index (χ0v) is 9.61. The summed E-state index contributed by atoms with van der Waals surface area (Å²) in [7, 11) is 0. The molecule has 0 saturated carbocycles. The van der Waals surface area contributed by atoms with E-state index in [1.807, 2.05) is 6.07 Å². The molecule has 0 heterocycles. The maximum Gasteiger partial charge on any atom is 0.195 e. The van der Waals surface area contributed by atoms with Gasteiger partial charge in [0.2, 0.25) is 0 Å². The van der Waals surface area contributed by atoms with Crippen molar-refractivity contribution in [2.75, 3.05) is 0 Å². The molecule has 2 aromatic rings. The van der Waals surface area contributed by atoms with Crippen molar-refractivity contribution in [1.82, 2.24) is 0 Å². The largest absolute Gasteiger partial charge is 0.289 e. The molecule has 17 heavy (non-hydrogen) atoms. The van der Waals surface area contributed by atoms with Gasteiger partial charge in [-0.15, -0.1) is 0 Å². The van der Waals surface area contributed by atoms with E-state index in [2.05, 4.69) is 5.11 Å². The fraction of sp³-hybridized carbons (Fsp3) is 0. The molecule has 3 nitrogen and oxygen atoms in total. The van der Waals surface area contributed by atoms with Gasteiger partial charge in [-0.3, -0.25) is 4.79 Å². The van der Waals surface area contributed by atoms with Crippen LogP contribution in [0, 0.1) is 5.53 Å². The normalized spacial score (nSPS) is 9.94. The van der Waals surface area contributed by atoms with Gasteiger partial charge in [0.05, 0.1) is 11.3 Å². The Morgan fingerprint density at radius 1 is 1.12 bits per heavy atom. The number of rotatable bonds is 3. The third-order valence-corrected chi connectivity index (χ3v) is 2.59. The van der Waals surface area contributed by atoms with Crippen molar-refractivity contribution in [3.8, 4) is 0 Å². The SMILES string of the molecule is N=Nc1ccc(Cl)cc1C(=O)c1ccccc1. The van der Waals surface area contributed by atoms with Gasteiger partial charge in [-0.2, -0.15) is 5.11 Å². The first-order chi connectivity index (χ1) is 8.22. The molecule has 0 atom stereocenters. The highest BCUT2D eigenvalue weighted by molar-refractivity contribution is 6.31. The van der Waals surface area contributed by atoms with Gasteiger partial charge >= 0.3 is 0 Å². The van der Waals surface area contributed by atoms with E-state index in [0.717, 1.165) is 0 Å². The quantitative estimate of drug-likeness (QED) is 0.637. The Hall–Kier alpha value is -2.00. The van der Waals surface area contributed by atoms with Crippen LogP contribution in [0.4, 0.5) is 5.69 Å². The summed E-state index contributed by atoms with van der Waals surface area (Å²) in [6.45, 7) is 0. The number of nitrogens with one attached hydrogen (secondary N) is 1.